The van der Waals surface area contributed by atoms with Gasteiger partial charge in [0.1, 0.15) is 12.2 Å². The molecule has 0 radical (unpaired) electrons. The molecule has 0 aromatic heterocycles. The molecule has 1 atom stereocenters. The molecule has 0 aliphatic heterocycles. The number of nitrogens with zero attached hydrogens (tertiary/aromatic N) is 1. The Balaban J connectivity index is 2.95. The Kier molecular flexibility index (Phi) is 3.26. The maximum absolute atomic E-state index is 3.80. The summed E-state index contributed by atoms with van der Waals surface area (Å²) in [7, 11) is 2.23. The fourth-order valence-corrected chi connectivity index (χ4v) is 1.49. The van der Waals surface area contributed by atoms with Gasteiger partial charge in [0.25, 0.3) is 0 Å². The van der Waals surface area contributed by atoms with Crippen molar-refractivity contribution in [2.75, 3.05) is 20.1 Å². The third-order valence-corrected chi connectivity index (χ3v) is 2.61. The van der Waals surface area contributed by atoms with Crippen LogP contribution in [0, 0.1) is 0 Å². The van der Waals surface area contributed by atoms with Gasteiger partial charge < -0.3 is 0 Å². The fraction of sp³-hybridized carbons (Fsp3) is 0.333. The molecule has 1 rings (SSSR count). The summed E-state index contributed by atoms with van der Waals surface area (Å²) in [5.74, 6) is 0. The summed E-state index contributed by atoms with van der Waals surface area (Å²) < 4.78 is 0.935. The summed E-state index contributed by atoms with van der Waals surface area (Å²) in [5, 5.41) is 0. The lowest BCUT2D eigenvalue weighted by Crippen LogP contribution is -2.44. The molecule has 0 aliphatic carbocycles. The van der Waals surface area contributed by atoms with Gasteiger partial charge in [0.05, 0.1) is 13.6 Å². The van der Waals surface area contributed by atoms with Crippen LogP contribution in [-0.4, -0.2) is 20.1 Å². The van der Waals surface area contributed by atoms with Crippen molar-refractivity contribution in [3.63, 3.8) is 0 Å². The van der Waals surface area contributed by atoms with E-state index in [9.17, 15) is 0 Å². The van der Waals surface area contributed by atoms with Crippen molar-refractivity contribution < 1.29 is 0 Å². The van der Waals surface area contributed by atoms with Crippen LogP contribution in [0.3, 0.4) is 0 Å². The fourth-order valence-electron chi connectivity index (χ4n) is 1.49. The van der Waals surface area contributed by atoms with E-state index in [0.29, 0.717) is 0 Å². The van der Waals surface area contributed by atoms with Crippen LogP contribution in [0.4, 0.5) is 5.69 Å². The van der Waals surface area contributed by atoms with Gasteiger partial charge in [-0.3, -0.25) is 4.48 Å². The van der Waals surface area contributed by atoms with Crippen LogP contribution in [0.25, 0.3) is 0 Å². The van der Waals surface area contributed by atoms with Gasteiger partial charge in [-0.1, -0.05) is 24.8 Å². The zero-order valence-corrected chi connectivity index (χ0v) is 8.53. The zero-order chi connectivity index (χ0) is 9.73. The molecule has 70 valence electrons. The molecule has 1 nitrogen and oxygen atoms in total. The Morgan fingerprint density at radius 1 is 1.31 bits per heavy atom. The number of hydrogen-bond acceptors (Lipinski definition) is 0. The molecule has 0 amide bonds. The second kappa shape index (κ2) is 4.24. The summed E-state index contributed by atoms with van der Waals surface area (Å²) >= 11 is 0. The zero-order valence-electron chi connectivity index (χ0n) is 8.53. The quantitative estimate of drug-likeness (QED) is 0.489. The molecule has 0 N–H and O–H groups in total. The van der Waals surface area contributed by atoms with E-state index in [1.54, 1.807) is 0 Å². The van der Waals surface area contributed by atoms with Crippen molar-refractivity contribution in [2.45, 2.75) is 6.92 Å². The van der Waals surface area contributed by atoms with Gasteiger partial charge in [-0.25, -0.2) is 0 Å². The average molecular weight is 176 g/mol. The maximum Gasteiger partial charge on any atom is 0.132 e. The minimum absolute atomic E-state index is 0.935. The highest BCUT2D eigenvalue weighted by Gasteiger charge is 2.19. The molecule has 1 heteroatoms. The van der Waals surface area contributed by atoms with Crippen LogP contribution in [-0.2, 0) is 0 Å². The lowest BCUT2D eigenvalue weighted by Gasteiger charge is -2.31. The van der Waals surface area contributed by atoms with Crippen molar-refractivity contribution >= 4 is 5.69 Å². The lowest BCUT2D eigenvalue weighted by atomic mass is 10.2. The minimum Gasteiger partial charge on any atom is -0.291 e. The lowest BCUT2D eigenvalue weighted by molar-refractivity contribution is 0.383. The predicted molar refractivity (Wildman–Crippen MR) is 59.8 cm³/mol. The third kappa shape index (κ3) is 2.19. The van der Waals surface area contributed by atoms with Crippen molar-refractivity contribution in [1.82, 2.24) is 4.48 Å². The van der Waals surface area contributed by atoms with Gasteiger partial charge in [0.2, 0.25) is 0 Å². The Labute approximate surface area is 80.9 Å². The first-order valence-electron chi connectivity index (χ1n) is 4.74. The van der Waals surface area contributed by atoms with Crippen molar-refractivity contribution in [3.8, 4) is 0 Å². The Hall–Kier alpha value is -1.08. The Morgan fingerprint density at radius 2 is 1.92 bits per heavy atom. The van der Waals surface area contributed by atoms with E-state index in [0.717, 1.165) is 17.6 Å². The standard InChI is InChI=1S/C12H18N/c1-4-11-13(3,5-2)12-9-7-6-8-10-12/h4,6-10H,1,5,11H2,2-3H3/q+1. The van der Waals surface area contributed by atoms with Gasteiger partial charge >= 0.3 is 0 Å². The van der Waals surface area contributed by atoms with E-state index in [-0.39, 0.29) is 0 Å². The third-order valence-electron chi connectivity index (χ3n) is 2.61. The van der Waals surface area contributed by atoms with E-state index in [2.05, 4.69) is 50.9 Å². The van der Waals surface area contributed by atoms with E-state index in [4.69, 9.17) is 0 Å². The molecule has 1 unspecified atom stereocenters. The van der Waals surface area contributed by atoms with Gasteiger partial charge in [0, 0.05) is 0 Å². The summed E-state index contributed by atoms with van der Waals surface area (Å²) in [5.41, 5.74) is 1.35. The van der Waals surface area contributed by atoms with E-state index < -0.39 is 0 Å². The van der Waals surface area contributed by atoms with Crippen molar-refractivity contribution in [3.05, 3.63) is 43.0 Å². The molecule has 1 aromatic rings. The maximum atomic E-state index is 3.80. The number of para-hydroxylation sites is 1. The monoisotopic (exact) mass is 176 g/mol. The van der Waals surface area contributed by atoms with Crippen LogP contribution in [0.5, 0.6) is 0 Å². The molecular formula is C12H18N+. The van der Waals surface area contributed by atoms with Crippen LogP contribution in [0.2, 0.25) is 0 Å². The highest BCUT2D eigenvalue weighted by molar-refractivity contribution is 5.42. The van der Waals surface area contributed by atoms with Gasteiger partial charge in [-0.05, 0) is 25.1 Å². The second-order valence-corrected chi connectivity index (χ2v) is 3.52. The molecule has 0 saturated heterocycles. The molecule has 1 aromatic carbocycles. The highest BCUT2D eigenvalue weighted by Crippen LogP contribution is 2.19. The number of quaternary nitrogens is 1. The summed E-state index contributed by atoms with van der Waals surface area (Å²) in [4.78, 5) is 0. The topological polar surface area (TPSA) is 0 Å². The molecule has 0 aliphatic rings. The molecule has 0 fully saturated rings. The smallest absolute Gasteiger partial charge is 0.132 e. The Bertz CT molecular complexity index is 266. The first-order valence-corrected chi connectivity index (χ1v) is 4.74. The highest BCUT2D eigenvalue weighted by atomic mass is 15.3. The summed E-state index contributed by atoms with van der Waals surface area (Å²) in [6.45, 7) is 8.09. The Morgan fingerprint density at radius 3 is 2.38 bits per heavy atom. The minimum atomic E-state index is 0.935. The van der Waals surface area contributed by atoms with Crippen LogP contribution in [0.1, 0.15) is 6.92 Å². The average Bonchev–Trinajstić information content (AvgIpc) is 2.19. The van der Waals surface area contributed by atoms with Crippen LogP contribution in [0.15, 0.2) is 43.0 Å². The van der Waals surface area contributed by atoms with Gasteiger partial charge in [-0.2, -0.15) is 0 Å². The number of benzene rings is 1. The molecule has 0 spiro atoms. The van der Waals surface area contributed by atoms with Crippen LogP contribution >= 0.6 is 0 Å². The molecule has 0 bridgehead atoms. The molecule has 0 heterocycles. The largest absolute Gasteiger partial charge is 0.291 e. The van der Waals surface area contributed by atoms with Gasteiger partial charge in [-0.15, -0.1) is 0 Å². The summed E-state index contributed by atoms with van der Waals surface area (Å²) in [6.07, 6.45) is 1.98. The van der Waals surface area contributed by atoms with E-state index >= 15 is 0 Å². The normalized spacial score (nSPS) is 14.9. The van der Waals surface area contributed by atoms with Crippen molar-refractivity contribution in [2.24, 2.45) is 0 Å². The first-order chi connectivity index (χ1) is 6.23. The SMILES string of the molecule is C=CC[N+](C)(CC)c1ccccc1. The number of likely N-dealkylation sites (N-methyl/N-ethyl adjacent to an activating group) is 1. The van der Waals surface area contributed by atoms with Gasteiger partial charge in [0.15, 0.2) is 0 Å². The molecule has 13 heavy (non-hydrogen) atoms. The predicted octanol–water partition coefficient (Wildman–Crippen LogP) is 2.83. The van der Waals surface area contributed by atoms with E-state index in [1.807, 2.05) is 6.08 Å². The number of hydrogen-bond donors (Lipinski definition) is 0. The first kappa shape index (κ1) is 10.0. The summed E-state index contributed by atoms with van der Waals surface area (Å²) in [6, 6.07) is 10.6. The van der Waals surface area contributed by atoms with E-state index in [1.165, 1.54) is 5.69 Å². The molecular weight excluding hydrogens is 158 g/mol. The van der Waals surface area contributed by atoms with Crippen LogP contribution < -0.4 is 4.48 Å². The number of rotatable bonds is 4. The second-order valence-electron chi connectivity index (χ2n) is 3.52. The van der Waals surface area contributed by atoms with Crippen molar-refractivity contribution in [1.29, 1.82) is 0 Å². The molecule has 0 saturated carbocycles.